The molecule has 0 radical (unpaired) electrons. The Morgan fingerprint density at radius 2 is 2.16 bits per heavy atom. The average molecular weight is 281 g/mol. The Kier molecular flexibility index (Phi) is 4.52. The summed E-state index contributed by atoms with van der Waals surface area (Å²) >= 11 is 5.86. The van der Waals surface area contributed by atoms with Crippen molar-refractivity contribution >= 4 is 28.6 Å². The van der Waals surface area contributed by atoms with Crippen molar-refractivity contribution < 1.29 is 14.3 Å². The zero-order chi connectivity index (χ0) is 13.7. The number of benzene rings is 1. The largest absolute Gasteiger partial charge is 0.473 e. The van der Waals surface area contributed by atoms with Crippen LogP contribution in [-0.4, -0.2) is 29.2 Å². The van der Waals surface area contributed by atoms with Crippen LogP contribution in [0, 0.1) is 0 Å². The minimum absolute atomic E-state index is 0.201. The van der Waals surface area contributed by atoms with Crippen molar-refractivity contribution in [2.24, 2.45) is 0 Å². The Labute approximate surface area is 115 Å². The second kappa shape index (κ2) is 6.33. The maximum absolute atomic E-state index is 10.9. The molecule has 5 nitrogen and oxygen atoms in total. The highest BCUT2D eigenvalue weighted by Crippen LogP contribution is 2.17. The van der Waals surface area contributed by atoms with Crippen LogP contribution in [0.1, 0.15) is 13.3 Å². The molecule has 0 saturated carbocycles. The van der Waals surface area contributed by atoms with E-state index in [1.165, 1.54) is 6.20 Å². The lowest BCUT2D eigenvalue weighted by atomic mass is 10.3. The van der Waals surface area contributed by atoms with Crippen LogP contribution in [0.15, 0.2) is 24.4 Å². The van der Waals surface area contributed by atoms with Gasteiger partial charge in [0.05, 0.1) is 17.2 Å². The van der Waals surface area contributed by atoms with E-state index in [0.717, 1.165) is 0 Å². The third-order valence-corrected chi connectivity index (χ3v) is 2.60. The van der Waals surface area contributed by atoms with Gasteiger partial charge in [-0.2, -0.15) is 0 Å². The Morgan fingerprint density at radius 1 is 1.32 bits per heavy atom. The summed E-state index contributed by atoms with van der Waals surface area (Å²) in [5.74, 6) is 0.144. The van der Waals surface area contributed by atoms with Crippen LogP contribution in [0.4, 0.5) is 0 Å². The molecule has 0 amide bonds. The Morgan fingerprint density at radius 3 is 2.95 bits per heavy atom. The molecule has 1 aromatic heterocycles. The fraction of sp³-hybridized carbons (Fsp3) is 0.308. The normalized spacial score (nSPS) is 10.4. The Bertz CT molecular complexity index is 589. The summed E-state index contributed by atoms with van der Waals surface area (Å²) in [4.78, 5) is 19.4. The van der Waals surface area contributed by atoms with E-state index in [-0.39, 0.29) is 19.2 Å². The average Bonchev–Trinajstić information content (AvgIpc) is 2.43. The SMILES string of the molecule is CCC(=O)OCCOc1cnc2cc(Cl)ccc2n1. The first-order valence-electron chi connectivity index (χ1n) is 5.90. The lowest BCUT2D eigenvalue weighted by Gasteiger charge is -2.06. The molecule has 0 bridgehead atoms. The molecule has 1 aromatic carbocycles. The van der Waals surface area contributed by atoms with Gasteiger partial charge in [-0.05, 0) is 18.2 Å². The molecule has 2 aromatic rings. The quantitative estimate of drug-likeness (QED) is 0.622. The number of aromatic nitrogens is 2. The number of hydrogen-bond donors (Lipinski definition) is 0. The highest BCUT2D eigenvalue weighted by atomic mass is 35.5. The van der Waals surface area contributed by atoms with E-state index in [1.807, 2.05) is 0 Å². The molecule has 0 atom stereocenters. The summed E-state index contributed by atoms with van der Waals surface area (Å²) in [7, 11) is 0. The van der Waals surface area contributed by atoms with E-state index >= 15 is 0 Å². The van der Waals surface area contributed by atoms with Crippen molar-refractivity contribution in [2.75, 3.05) is 13.2 Å². The second-order valence-corrected chi connectivity index (χ2v) is 4.20. The zero-order valence-corrected chi connectivity index (χ0v) is 11.2. The molecule has 0 aliphatic heterocycles. The highest BCUT2D eigenvalue weighted by molar-refractivity contribution is 6.31. The van der Waals surface area contributed by atoms with E-state index in [1.54, 1.807) is 25.1 Å². The number of rotatable bonds is 5. The minimum atomic E-state index is -0.247. The topological polar surface area (TPSA) is 61.3 Å². The zero-order valence-electron chi connectivity index (χ0n) is 10.4. The van der Waals surface area contributed by atoms with Crippen molar-refractivity contribution in [2.45, 2.75) is 13.3 Å². The summed E-state index contributed by atoms with van der Waals surface area (Å²) in [6.07, 6.45) is 1.87. The molecule has 0 aliphatic carbocycles. The lowest BCUT2D eigenvalue weighted by molar-refractivity contribution is -0.143. The van der Waals surface area contributed by atoms with Crippen molar-refractivity contribution in [1.29, 1.82) is 0 Å². The lowest BCUT2D eigenvalue weighted by Crippen LogP contribution is -2.11. The predicted octanol–water partition coefficient (Wildman–Crippen LogP) is 2.62. The minimum Gasteiger partial charge on any atom is -0.473 e. The Hall–Kier alpha value is -1.88. The molecule has 0 fully saturated rings. The van der Waals surface area contributed by atoms with E-state index in [9.17, 15) is 4.79 Å². The molecule has 0 aliphatic rings. The van der Waals surface area contributed by atoms with Crippen LogP contribution in [-0.2, 0) is 9.53 Å². The first-order valence-corrected chi connectivity index (χ1v) is 6.27. The van der Waals surface area contributed by atoms with Gasteiger partial charge in [-0.25, -0.2) is 9.97 Å². The van der Waals surface area contributed by atoms with Crippen LogP contribution in [0.5, 0.6) is 5.88 Å². The molecule has 0 unspecified atom stereocenters. The smallest absolute Gasteiger partial charge is 0.305 e. The summed E-state index contributed by atoms with van der Waals surface area (Å²) < 4.78 is 10.2. The molecule has 1 heterocycles. The molecular weight excluding hydrogens is 268 g/mol. The molecule has 0 spiro atoms. The highest BCUT2D eigenvalue weighted by Gasteiger charge is 2.02. The van der Waals surface area contributed by atoms with Crippen LogP contribution in [0.25, 0.3) is 11.0 Å². The Balaban J connectivity index is 1.94. The van der Waals surface area contributed by atoms with E-state index < -0.39 is 0 Å². The van der Waals surface area contributed by atoms with Gasteiger partial charge in [-0.15, -0.1) is 0 Å². The monoisotopic (exact) mass is 280 g/mol. The number of esters is 1. The standard InChI is InChI=1S/C13H13ClN2O3/c1-2-13(17)19-6-5-18-12-8-15-11-7-9(14)3-4-10(11)16-12/h3-4,7-8H,2,5-6H2,1H3. The maximum atomic E-state index is 10.9. The van der Waals surface area contributed by atoms with Crippen LogP contribution >= 0.6 is 11.6 Å². The predicted molar refractivity (Wildman–Crippen MR) is 71.3 cm³/mol. The fourth-order valence-electron chi connectivity index (χ4n) is 1.44. The summed E-state index contributed by atoms with van der Waals surface area (Å²) in [5.41, 5.74) is 1.41. The fourth-order valence-corrected chi connectivity index (χ4v) is 1.61. The molecule has 0 N–H and O–H groups in total. The number of ether oxygens (including phenoxy) is 2. The van der Waals surface area contributed by atoms with Gasteiger partial charge in [-0.3, -0.25) is 4.79 Å². The van der Waals surface area contributed by atoms with Crippen LogP contribution in [0.3, 0.4) is 0 Å². The van der Waals surface area contributed by atoms with Crippen molar-refractivity contribution in [3.05, 3.63) is 29.4 Å². The summed E-state index contributed by atoms with van der Waals surface area (Å²) in [5, 5.41) is 0.613. The number of carbonyl (C=O) groups is 1. The molecule has 0 saturated heterocycles. The molecule has 6 heteroatoms. The van der Waals surface area contributed by atoms with Gasteiger partial charge in [0.1, 0.15) is 13.2 Å². The number of carbonyl (C=O) groups excluding carboxylic acids is 1. The third-order valence-electron chi connectivity index (χ3n) is 2.37. The molecule has 100 valence electrons. The summed E-state index contributed by atoms with van der Waals surface area (Å²) in [6, 6.07) is 5.25. The van der Waals surface area contributed by atoms with Crippen molar-refractivity contribution in [3.8, 4) is 5.88 Å². The van der Waals surface area contributed by atoms with Gasteiger partial charge in [0, 0.05) is 11.4 Å². The van der Waals surface area contributed by atoms with Gasteiger partial charge in [-0.1, -0.05) is 18.5 Å². The van der Waals surface area contributed by atoms with Gasteiger partial charge in [0.15, 0.2) is 0 Å². The molecule has 19 heavy (non-hydrogen) atoms. The number of nitrogens with zero attached hydrogens (tertiary/aromatic N) is 2. The van der Waals surface area contributed by atoms with Crippen LogP contribution < -0.4 is 4.74 Å². The van der Waals surface area contributed by atoms with Gasteiger partial charge < -0.3 is 9.47 Å². The van der Waals surface area contributed by atoms with Gasteiger partial charge in [0.25, 0.3) is 0 Å². The van der Waals surface area contributed by atoms with Crippen molar-refractivity contribution in [1.82, 2.24) is 9.97 Å². The van der Waals surface area contributed by atoms with Crippen molar-refractivity contribution in [3.63, 3.8) is 0 Å². The third kappa shape index (κ3) is 3.79. The first-order chi connectivity index (χ1) is 9.19. The summed E-state index contributed by atoms with van der Waals surface area (Å²) in [6.45, 7) is 2.19. The second-order valence-electron chi connectivity index (χ2n) is 3.76. The van der Waals surface area contributed by atoms with E-state index in [2.05, 4.69) is 9.97 Å². The molecular formula is C13H13ClN2O3. The number of halogens is 1. The van der Waals surface area contributed by atoms with E-state index in [0.29, 0.717) is 28.4 Å². The maximum Gasteiger partial charge on any atom is 0.305 e. The number of hydrogen-bond acceptors (Lipinski definition) is 5. The van der Waals surface area contributed by atoms with E-state index in [4.69, 9.17) is 21.1 Å². The van der Waals surface area contributed by atoms with Gasteiger partial charge >= 0.3 is 5.97 Å². The van der Waals surface area contributed by atoms with Crippen LogP contribution in [0.2, 0.25) is 5.02 Å². The molecule has 2 rings (SSSR count). The number of fused-ring (bicyclic) bond motifs is 1. The first kappa shape index (κ1) is 13.5. The van der Waals surface area contributed by atoms with Gasteiger partial charge in [0.2, 0.25) is 5.88 Å².